The molecule has 2 aromatic rings. The Morgan fingerprint density at radius 3 is 1.83 bits per heavy atom. The van der Waals surface area contributed by atoms with E-state index in [0.29, 0.717) is 12.1 Å². The van der Waals surface area contributed by atoms with Gasteiger partial charge < -0.3 is 0 Å². The fourth-order valence-corrected chi connectivity index (χ4v) is 1.90. The molecule has 0 saturated carbocycles. The first kappa shape index (κ1) is 17.8. The zero-order valence-electron chi connectivity index (χ0n) is 12.2. The molecule has 1 heterocycles. The number of H-pyrrole nitrogens is 1. The molecule has 0 radical (unpaired) electrons. The second-order valence-electron chi connectivity index (χ2n) is 4.91. The molecule has 5 nitrogen and oxygen atoms in total. The number of nitrogens with zero attached hydrogens (tertiary/aromatic N) is 3. The van der Waals surface area contributed by atoms with Gasteiger partial charge in [-0.05, 0) is 25.1 Å². The van der Waals surface area contributed by atoms with Crippen LogP contribution in [0.15, 0.2) is 33.2 Å². The molecular weight excluding hydrogens is 342 g/mol. The summed E-state index contributed by atoms with van der Waals surface area (Å²) < 4.78 is 77.4. The number of azo groups is 1. The smallest absolute Gasteiger partial charge is 0.298 e. The third kappa shape index (κ3) is 3.66. The monoisotopic (exact) mass is 352 g/mol. The number of rotatable bonds is 2. The lowest BCUT2D eigenvalue weighted by Crippen LogP contribution is -2.11. The summed E-state index contributed by atoms with van der Waals surface area (Å²) in [4.78, 5) is 11.7. The Balaban J connectivity index is 2.54. The molecule has 11 heteroatoms. The van der Waals surface area contributed by atoms with Crippen LogP contribution in [0.4, 0.5) is 37.7 Å². The molecular formula is C13H10F6N4O. The van der Waals surface area contributed by atoms with Crippen LogP contribution in [0.25, 0.3) is 0 Å². The molecule has 0 bridgehead atoms. The van der Waals surface area contributed by atoms with Gasteiger partial charge in [0.1, 0.15) is 0 Å². The van der Waals surface area contributed by atoms with Crippen LogP contribution in [-0.4, -0.2) is 9.78 Å². The van der Waals surface area contributed by atoms with Gasteiger partial charge in [0.05, 0.1) is 22.5 Å². The van der Waals surface area contributed by atoms with E-state index < -0.39 is 34.7 Å². The van der Waals surface area contributed by atoms with Gasteiger partial charge in [0.25, 0.3) is 5.56 Å². The third-order valence-electron chi connectivity index (χ3n) is 3.04. The van der Waals surface area contributed by atoms with Gasteiger partial charge in [-0.3, -0.25) is 14.6 Å². The van der Waals surface area contributed by atoms with Crippen LogP contribution in [0.2, 0.25) is 0 Å². The molecule has 130 valence electrons. The Hall–Kier alpha value is -2.59. The summed E-state index contributed by atoms with van der Waals surface area (Å²) in [5, 5.41) is 9.39. The quantitative estimate of drug-likeness (QED) is 0.629. The van der Waals surface area contributed by atoms with Gasteiger partial charge in [0.15, 0.2) is 5.69 Å². The van der Waals surface area contributed by atoms with Crippen LogP contribution in [-0.2, 0) is 19.4 Å². The fraction of sp³-hybridized carbons (Fsp3) is 0.308. The number of nitrogens with one attached hydrogen (secondary N) is 1. The predicted molar refractivity (Wildman–Crippen MR) is 71.4 cm³/mol. The summed E-state index contributed by atoms with van der Waals surface area (Å²) in [6.07, 6.45) is -9.96. The lowest BCUT2D eigenvalue weighted by Gasteiger charge is -2.12. The van der Waals surface area contributed by atoms with Crippen LogP contribution < -0.4 is 5.56 Å². The first-order chi connectivity index (χ1) is 10.9. The van der Waals surface area contributed by atoms with Crippen LogP contribution in [0.3, 0.4) is 0 Å². The van der Waals surface area contributed by atoms with Crippen LogP contribution >= 0.6 is 0 Å². The van der Waals surface area contributed by atoms with E-state index in [-0.39, 0.29) is 17.4 Å². The maximum atomic E-state index is 12.7. The van der Waals surface area contributed by atoms with E-state index in [1.54, 1.807) is 0 Å². The molecule has 0 spiro atoms. The van der Waals surface area contributed by atoms with Crippen molar-refractivity contribution in [2.24, 2.45) is 17.3 Å². The molecule has 0 fully saturated rings. The molecule has 0 atom stereocenters. The molecule has 0 aliphatic carbocycles. The lowest BCUT2D eigenvalue weighted by molar-refractivity contribution is -0.143. The van der Waals surface area contributed by atoms with E-state index in [1.165, 1.54) is 14.0 Å². The van der Waals surface area contributed by atoms with Gasteiger partial charge in [-0.25, -0.2) is 0 Å². The molecule has 0 saturated heterocycles. The molecule has 1 aromatic heterocycles. The average molecular weight is 352 g/mol. The van der Waals surface area contributed by atoms with E-state index >= 15 is 0 Å². The van der Waals surface area contributed by atoms with Gasteiger partial charge >= 0.3 is 12.4 Å². The number of hydrogen-bond donors (Lipinski definition) is 1. The van der Waals surface area contributed by atoms with Gasteiger partial charge in [-0.15, -0.1) is 5.11 Å². The van der Waals surface area contributed by atoms with Gasteiger partial charge in [-0.2, -0.15) is 31.5 Å². The number of aromatic nitrogens is 2. The van der Waals surface area contributed by atoms with Crippen LogP contribution in [0.5, 0.6) is 0 Å². The molecule has 0 aliphatic heterocycles. The molecule has 1 aromatic carbocycles. The fourth-order valence-electron chi connectivity index (χ4n) is 1.90. The summed E-state index contributed by atoms with van der Waals surface area (Å²) >= 11 is 0. The largest absolute Gasteiger partial charge is 0.416 e. The van der Waals surface area contributed by atoms with Crippen LogP contribution in [0, 0.1) is 6.92 Å². The minimum Gasteiger partial charge on any atom is -0.298 e. The standard InChI is InChI=1S/C13H10F6N4O/c1-6-10(11(24)23(2)22-6)21-20-9-4-7(12(14,15)16)3-8(5-9)13(17,18)19/h3-5,22H,1-2H3. The van der Waals surface area contributed by atoms with Crippen molar-refractivity contribution in [3.05, 3.63) is 45.4 Å². The van der Waals surface area contributed by atoms with Crippen molar-refractivity contribution in [2.45, 2.75) is 19.3 Å². The second kappa shape index (κ2) is 5.80. The highest BCUT2D eigenvalue weighted by atomic mass is 19.4. The molecule has 0 unspecified atom stereocenters. The Labute approximate surface area is 130 Å². The van der Waals surface area contributed by atoms with E-state index in [1.807, 2.05) is 0 Å². The van der Waals surface area contributed by atoms with Crippen molar-refractivity contribution in [1.29, 1.82) is 0 Å². The number of alkyl halides is 6. The number of benzene rings is 1. The van der Waals surface area contributed by atoms with E-state index in [2.05, 4.69) is 15.3 Å². The first-order valence-electron chi connectivity index (χ1n) is 6.36. The van der Waals surface area contributed by atoms with E-state index in [0.717, 1.165) is 4.68 Å². The second-order valence-corrected chi connectivity index (χ2v) is 4.91. The number of hydrogen-bond acceptors (Lipinski definition) is 3. The molecule has 1 N–H and O–H groups in total. The summed E-state index contributed by atoms with van der Waals surface area (Å²) in [7, 11) is 1.38. The Morgan fingerprint density at radius 1 is 0.958 bits per heavy atom. The zero-order valence-corrected chi connectivity index (χ0v) is 12.2. The highest BCUT2D eigenvalue weighted by molar-refractivity contribution is 5.47. The number of aromatic amines is 1. The zero-order chi connectivity index (χ0) is 18.3. The van der Waals surface area contributed by atoms with Crippen molar-refractivity contribution < 1.29 is 26.3 Å². The van der Waals surface area contributed by atoms with Crippen molar-refractivity contribution in [1.82, 2.24) is 9.78 Å². The van der Waals surface area contributed by atoms with Crippen LogP contribution in [0.1, 0.15) is 16.8 Å². The third-order valence-corrected chi connectivity index (χ3v) is 3.04. The number of aryl methyl sites for hydroxylation is 2. The van der Waals surface area contributed by atoms with Gasteiger partial charge in [-0.1, -0.05) is 0 Å². The maximum absolute atomic E-state index is 12.7. The Bertz CT molecular complexity index is 811. The molecule has 2 rings (SSSR count). The summed E-state index contributed by atoms with van der Waals surface area (Å²) in [5.74, 6) is 0. The van der Waals surface area contributed by atoms with Crippen molar-refractivity contribution in [2.75, 3.05) is 0 Å². The van der Waals surface area contributed by atoms with E-state index in [9.17, 15) is 31.1 Å². The highest BCUT2D eigenvalue weighted by Crippen LogP contribution is 2.38. The SMILES string of the molecule is Cc1[nH]n(C)c(=O)c1N=Nc1cc(C(F)(F)F)cc(C(F)(F)F)c1. The Morgan fingerprint density at radius 2 is 1.46 bits per heavy atom. The topological polar surface area (TPSA) is 62.5 Å². The minimum atomic E-state index is -4.98. The molecule has 0 amide bonds. The highest BCUT2D eigenvalue weighted by Gasteiger charge is 2.37. The number of halogens is 6. The average Bonchev–Trinajstić information content (AvgIpc) is 2.68. The summed E-state index contributed by atoms with van der Waals surface area (Å²) in [6.45, 7) is 1.46. The molecule has 24 heavy (non-hydrogen) atoms. The van der Waals surface area contributed by atoms with Crippen molar-refractivity contribution in [3.63, 3.8) is 0 Å². The minimum absolute atomic E-state index is 0.0143. The Kier molecular flexibility index (Phi) is 4.29. The normalized spacial score (nSPS) is 13.0. The van der Waals surface area contributed by atoms with Crippen molar-refractivity contribution >= 4 is 11.4 Å². The predicted octanol–water partition coefficient (Wildman–Crippen LogP) is 4.47. The maximum Gasteiger partial charge on any atom is 0.416 e. The van der Waals surface area contributed by atoms with Gasteiger partial charge in [0, 0.05) is 7.05 Å². The van der Waals surface area contributed by atoms with Gasteiger partial charge in [0.2, 0.25) is 0 Å². The summed E-state index contributed by atoms with van der Waals surface area (Å²) in [5.41, 5.74) is -4.23. The summed E-state index contributed by atoms with van der Waals surface area (Å²) in [6, 6.07) is 0.829. The van der Waals surface area contributed by atoms with E-state index in [4.69, 9.17) is 0 Å². The lowest BCUT2D eigenvalue weighted by atomic mass is 10.1. The molecule has 0 aliphatic rings. The first-order valence-corrected chi connectivity index (χ1v) is 6.36. The van der Waals surface area contributed by atoms with Crippen molar-refractivity contribution in [3.8, 4) is 0 Å².